The number of rotatable bonds is 7. The van der Waals surface area contributed by atoms with Crippen LogP contribution in [0.4, 0.5) is 19.3 Å². The molecule has 1 aliphatic heterocycles. The van der Waals surface area contributed by atoms with E-state index in [0.29, 0.717) is 11.3 Å². The molecule has 4 amide bonds. The summed E-state index contributed by atoms with van der Waals surface area (Å²) in [7, 11) is 0. The van der Waals surface area contributed by atoms with Crippen molar-refractivity contribution in [1.29, 1.82) is 0 Å². The maximum absolute atomic E-state index is 13.7. The Morgan fingerprint density at radius 1 is 1.06 bits per heavy atom. The molecule has 1 fully saturated rings. The molecule has 0 bridgehead atoms. The highest BCUT2D eigenvalue weighted by atomic mass is 127. The number of urea groups is 1. The van der Waals surface area contributed by atoms with Crippen LogP contribution in [0.1, 0.15) is 11.1 Å². The number of nitrogens with zero attached hydrogens (tertiary/aromatic N) is 1. The van der Waals surface area contributed by atoms with E-state index in [2.05, 4.69) is 33.2 Å². The molecule has 178 valence electrons. The van der Waals surface area contributed by atoms with Crippen LogP contribution in [-0.4, -0.2) is 29.3 Å². The second kappa shape index (κ2) is 10.6. The zero-order valence-corrected chi connectivity index (χ0v) is 20.2. The van der Waals surface area contributed by atoms with Gasteiger partial charge < -0.3 is 15.4 Å². The third-order valence-electron chi connectivity index (χ3n) is 4.99. The number of amides is 4. The molecule has 0 atom stereocenters. The molecular formula is C25H18F2IN3O4. The molecule has 1 heterocycles. The highest BCUT2D eigenvalue weighted by molar-refractivity contribution is 14.1. The van der Waals surface area contributed by atoms with Gasteiger partial charge in [0.05, 0.1) is 9.26 Å². The second-order valence-electron chi connectivity index (χ2n) is 7.51. The first-order valence-corrected chi connectivity index (χ1v) is 11.4. The summed E-state index contributed by atoms with van der Waals surface area (Å²) in [6, 6.07) is 16.0. The molecule has 3 aromatic carbocycles. The Hall–Kier alpha value is -3.80. The van der Waals surface area contributed by atoms with Crippen LogP contribution in [0.25, 0.3) is 6.08 Å². The summed E-state index contributed by atoms with van der Waals surface area (Å²) in [6.45, 7) is -0.306. The van der Waals surface area contributed by atoms with Gasteiger partial charge in [0.1, 0.15) is 36.2 Å². The molecule has 0 radical (unpaired) electrons. The lowest BCUT2D eigenvalue weighted by atomic mass is 10.2. The van der Waals surface area contributed by atoms with E-state index in [1.54, 1.807) is 36.4 Å². The van der Waals surface area contributed by atoms with Crippen LogP contribution in [0.3, 0.4) is 0 Å². The van der Waals surface area contributed by atoms with Crippen molar-refractivity contribution in [3.8, 4) is 5.75 Å². The van der Waals surface area contributed by atoms with Gasteiger partial charge >= 0.3 is 6.03 Å². The van der Waals surface area contributed by atoms with Gasteiger partial charge in [-0.2, -0.15) is 0 Å². The van der Waals surface area contributed by atoms with Crippen LogP contribution >= 0.6 is 22.6 Å². The third-order valence-corrected chi connectivity index (χ3v) is 5.83. The van der Waals surface area contributed by atoms with Crippen LogP contribution in [0, 0.1) is 15.2 Å². The monoisotopic (exact) mass is 589 g/mol. The van der Waals surface area contributed by atoms with Gasteiger partial charge in [0.15, 0.2) is 0 Å². The van der Waals surface area contributed by atoms with Crippen LogP contribution in [0.15, 0.2) is 72.4 Å². The van der Waals surface area contributed by atoms with Gasteiger partial charge in [-0.1, -0.05) is 30.3 Å². The molecule has 3 aromatic rings. The molecule has 1 aliphatic rings. The number of ether oxygens (including phenoxy) is 1. The van der Waals surface area contributed by atoms with Gasteiger partial charge in [0.2, 0.25) is 5.91 Å². The number of carbonyl (C=O) groups excluding carboxylic acids is 3. The first-order chi connectivity index (χ1) is 16.8. The van der Waals surface area contributed by atoms with Crippen molar-refractivity contribution >= 4 is 52.2 Å². The lowest BCUT2D eigenvalue weighted by Gasteiger charge is -2.12. The van der Waals surface area contributed by atoms with Crippen molar-refractivity contribution in [2.24, 2.45) is 0 Å². The number of benzene rings is 3. The SMILES string of the molecule is O=C(CN1C(=O)N/C(=C/c2ccc(OCc3ccc(F)cc3)c(I)c2)C1=O)Nc1ccccc1F. The fourth-order valence-corrected chi connectivity index (χ4v) is 3.94. The topological polar surface area (TPSA) is 87.7 Å². The Morgan fingerprint density at radius 2 is 1.80 bits per heavy atom. The first kappa shape index (κ1) is 24.3. The summed E-state index contributed by atoms with van der Waals surface area (Å²) in [4.78, 5) is 37.9. The van der Waals surface area contributed by atoms with E-state index >= 15 is 0 Å². The Kier molecular flexibility index (Phi) is 7.39. The van der Waals surface area contributed by atoms with Crippen molar-refractivity contribution in [1.82, 2.24) is 10.2 Å². The summed E-state index contributed by atoms with van der Waals surface area (Å²) in [6.07, 6.45) is 1.49. The summed E-state index contributed by atoms with van der Waals surface area (Å²) in [5.41, 5.74) is 1.40. The number of carbonyl (C=O) groups is 3. The molecule has 1 saturated heterocycles. The zero-order valence-electron chi connectivity index (χ0n) is 18.1. The van der Waals surface area contributed by atoms with Crippen LogP contribution < -0.4 is 15.4 Å². The summed E-state index contributed by atoms with van der Waals surface area (Å²) < 4.78 is 33.3. The highest BCUT2D eigenvalue weighted by Crippen LogP contribution is 2.25. The molecule has 0 spiro atoms. The van der Waals surface area contributed by atoms with Crippen molar-refractivity contribution in [2.75, 3.05) is 11.9 Å². The molecule has 7 nitrogen and oxygen atoms in total. The van der Waals surface area contributed by atoms with Gasteiger partial charge in [0.25, 0.3) is 5.91 Å². The van der Waals surface area contributed by atoms with E-state index in [1.165, 1.54) is 36.4 Å². The van der Waals surface area contributed by atoms with E-state index in [0.717, 1.165) is 14.0 Å². The molecular weight excluding hydrogens is 571 g/mol. The Labute approximate surface area is 212 Å². The van der Waals surface area contributed by atoms with E-state index in [1.807, 2.05) is 0 Å². The first-order valence-electron chi connectivity index (χ1n) is 10.4. The number of hydrogen-bond donors (Lipinski definition) is 2. The van der Waals surface area contributed by atoms with Crippen LogP contribution in [0.5, 0.6) is 5.75 Å². The number of para-hydroxylation sites is 1. The number of anilines is 1. The zero-order chi connectivity index (χ0) is 24.9. The summed E-state index contributed by atoms with van der Waals surface area (Å²) in [5.74, 6) is -1.73. The quantitative estimate of drug-likeness (QED) is 0.238. The van der Waals surface area contributed by atoms with Crippen molar-refractivity contribution < 1.29 is 27.9 Å². The van der Waals surface area contributed by atoms with E-state index in [-0.39, 0.29) is 23.8 Å². The Bertz CT molecular complexity index is 1330. The van der Waals surface area contributed by atoms with Crippen molar-refractivity contribution in [3.05, 3.63) is 98.8 Å². The minimum atomic E-state index is -0.751. The largest absolute Gasteiger partial charge is 0.488 e. The lowest BCUT2D eigenvalue weighted by molar-refractivity contribution is -0.127. The Balaban J connectivity index is 1.40. The maximum atomic E-state index is 13.7. The van der Waals surface area contributed by atoms with Gasteiger partial charge in [-0.05, 0) is 76.2 Å². The third kappa shape index (κ3) is 6.01. The van der Waals surface area contributed by atoms with E-state index in [4.69, 9.17) is 4.74 Å². The fraction of sp³-hybridized carbons (Fsp3) is 0.0800. The average molecular weight is 589 g/mol. The number of halogens is 3. The van der Waals surface area contributed by atoms with E-state index < -0.39 is 30.2 Å². The fourth-order valence-electron chi connectivity index (χ4n) is 3.24. The molecule has 0 aliphatic carbocycles. The minimum Gasteiger partial charge on any atom is -0.488 e. The lowest BCUT2D eigenvalue weighted by Crippen LogP contribution is -2.38. The number of hydrogen-bond acceptors (Lipinski definition) is 4. The van der Waals surface area contributed by atoms with Crippen LogP contribution in [0.2, 0.25) is 0 Å². The summed E-state index contributed by atoms with van der Waals surface area (Å²) in [5, 5.41) is 4.79. The van der Waals surface area contributed by atoms with Crippen LogP contribution in [-0.2, 0) is 16.2 Å². The van der Waals surface area contributed by atoms with Gasteiger partial charge in [0, 0.05) is 0 Å². The maximum Gasteiger partial charge on any atom is 0.329 e. The minimum absolute atomic E-state index is 0.00414. The molecule has 0 aromatic heterocycles. The van der Waals surface area contributed by atoms with Gasteiger partial charge in [-0.3, -0.25) is 9.59 Å². The molecule has 35 heavy (non-hydrogen) atoms. The number of nitrogens with one attached hydrogen (secondary N) is 2. The molecule has 2 N–H and O–H groups in total. The van der Waals surface area contributed by atoms with E-state index in [9.17, 15) is 23.2 Å². The average Bonchev–Trinajstić information content (AvgIpc) is 3.08. The molecule has 10 heteroatoms. The smallest absolute Gasteiger partial charge is 0.329 e. The predicted octanol–water partition coefficient (Wildman–Crippen LogP) is 4.68. The Morgan fingerprint density at radius 3 is 2.51 bits per heavy atom. The predicted molar refractivity (Wildman–Crippen MR) is 133 cm³/mol. The van der Waals surface area contributed by atoms with Gasteiger partial charge in [-0.15, -0.1) is 0 Å². The normalized spacial score (nSPS) is 14.3. The highest BCUT2D eigenvalue weighted by Gasteiger charge is 2.35. The standard InChI is InChI=1S/C25H18F2IN3O4/c26-17-8-5-15(6-9-17)14-35-22-10-7-16(11-19(22)28)12-21-24(33)31(25(34)30-21)13-23(32)29-20-4-2-1-3-18(20)27/h1-12H,13-14H2,(H,29,32)(H,30,34)/b21-12+. The van der Waals surface area contributed by atoms with Gasteiger partial charge in [-0.25, -0.2) is 18.5 Å². The molecule has 0 unspecified atom stereocenters. The van der Waals surface area contributed by atoms with Crippen molar-refractivity contribution in [3.63, 3.8) is 0 Å². The number of imide groups is 1. The molecule has 4 rings (SSSR count). The second-order valence-corrected chi connectivity index (χ2v) is 8.67. The summed E-state index contributed by atoms with van der Waals surface area (Å²) >= 11 is 2.08. The molecule has 0 saturated carbocycles. The van der Waals surface area contributed by atoms with Crippen molar-refractivity contribution in [2.45, 2.75) is 6.61 Å².